The Kier molecular flexibility index (Phi) is 3.81. The Labute approximate surface area is 102 Å². The van der Waals surface area contributed by atoms with E-state index in [2.05, 4.69) is 10.3 Å². The van der Waals surface area contributed by atoms with Crippen molar-refractivity contribution in [1.82, 2.24) is 0 Å². The van der Waals surface area contributed by atoms with E-state index >= 15 is 0 Å². The van der Waals surface area contributed by atoms with Crippen molar-refractivity contribution in [2.45, 2.75) is 33.2 Å². The number of benzene rings is 1. The van der Waals surface area contributed by atoms with E-state index in [1.165, 1.54) is 0 Å². The summed E-state index contributed by atoms with van der Waals surface area (Å²) in [7, 11) is 0. The fourth-order valence-corrected chi connectivity index (χ4v) is 1.43. The first-order valence-electron chi connectivity index (χ1n) is 5.16. The van der Waals surface area contributed by atoms with Crippen molar-refractivity contribution in [3.8, 4) is 0 Å². The van der Waals surface area contributed by atoms with Gasteiger partial charge in [0.25, 0.3) is 0 Å². The first kappa shape index (κ1) is 12.8. The highest BCUT2D eigenvalue weighted by Crippen LogP contribution is 2.22. The summed E-state index contributed by atoms with van der Waals surface area (Å²) >= 11 is 6.04. The van der Waals surface area contributed by atoms with Crippen LogP contribution in [0.4, 0.5) is 5.69 Å². The van der Waals surface area contributed by atoms with Crippen molar-refractivity contribution >= 4 is 23.2 Å². The van der Waals surface area contributed by atoms with E-state index in [-0.39, 0.29) is 5.54 Å². The summed E-state index contributed by atoms with van der Waals surface area (Å²) in [6.07, 6.45) is 0. The van der Waals surface area contributed by atoms with Crippen LogP contribution in [0.15, 0.2) is 23.2 Å². The molecule has 0 saturated heterocycles. The topological polar surface area (TPSA) is 50.4 Å². The van der Waals surface area contributed by atoms with Gasteiger partial charge in [0.05, 0.1) is 16.2 Å². The van der Waals surface area contributed by atoms with Gasteiger partial charge in [-0.25, -0.2) is 4.99 Å². The molecular formula is C12H18ClN3. The van der Waals surface area contributed by atoms with Crippen LogP contribution in [0.5, 0.6) is 0 Å². The average Bonchev–Trinajstić information content (AvgIpc) is 2.08. The van der Waals surface area contributed by atoms with E-state index in [9.17, 15) is 0 Å². The Bertz CT molecular complexity index is 405. The van der Waals surface area contributed by atoms with Crippen molar-refractivity contribution in [3.05, 3.63) is 28.8 Å². The summed E-state index contributed by atoms with van der Waals surface area (Å²) in [6.45, 7) is 7.96. The lowest BCUT2D eigenvalue weighted by atomic mass is 10.1. The highest BCUT2D eigenvalue weighted by atomic mass is 35.5. The number of aryl methyl sites for hydroxylation is 1. The van der Waals surface area contributed by atoms with Crippen LogP contribution in [0.2, 0.25) is 5.02 Å². The molecule has 0 aliphatic carbocycles. The Morgan fingerprint density at radius 3 is 2.56 bits per heavy atom. The van der Waals surface area contributed by atoms with E-state index in [1.807, 2.05) is 45.9 Å². The molecule has 0 aliphatic heterocycles. The lowest BCUT2D eigenvalue weighted by molar-refractivity contribution is 0.583. The summed E-state index contributed by atoms with van der Waals surface area (Å²) in [6, 6.07) is 5.72. The van der Waals surface area contributed by atoms with Gasteiger partial charge >= 0.3 is 0 Å². The van der Waals surface area contributed by atoms with Crippen LogP contribution in [0.1, 0.15) is 26.3 Å². The molecule has 0 saturated carbocycles. The third kappa shape index (κ3) is 4.11. The Morgan fingerprint density at radius 1 is 1.38 bits per heavy atom. The minimum Gasteiger partial charge on any atom is -0.370 e. The quantitative estimate of drug-likeness (QED) is 0.584. The van der Waals surface area contributed by atoms with Crippen molar-refractivity contribution in [2.24, 2.45) is 10.7 Å². The maximum atomic E-state index is 6.04. The third-order valence-corrected chi connectivity index (χ3v) is 2.17. The standard InChI is InChI=1S/C12H18ClN3/c1-8-5-6-9(13)10(7-8)15-11(14)16-12(2,3)4/h5-7H,1-4H3,(H3,14,15,16). The molecule has 0 bridgehead atoms. The van der Waals surface area contributed by atoms with Crippen LogP contribution in [-0.2, 0) is 0 Å². The first-order valence-corrected chi connectivity index (χ1v) is 5.54. The smallest absolute Gasteiger partial charge is 0.193 e. The lowest BCUT2D eigenvalue weighted by Crippen LogP contribution is -2.27. The molecule has 16 heavy (non-hydrogen) atoms. The highest BCUT2D eigenvalue weighted by molar-refractivity contribution is 6.33. The Hall–Kier alpha value is -1.22. The molecule has 0 aromatic heterocycles. The minimum absolute atomic E-state index is 0.201. The monoisotopic (exact) mass is 239 g/mol. The van der Waals surface area contributed by atoms with E-state index in [4.69, 9.17) is 17.3 Å². The Morgan fingerprint density at radius 2 is 2.00 bits per heavy atom. The van der Waals surface area contributed by atoms with Gasteiger partial charge in [0, 0.05) is 0 Å². The molecular weight excluding hydrogens is 222 g/mol. The molecule has 0 radical (unpaired) electrons. The first-order chi connectivity index (χ1) is 7.28. The number of aliphatic imine (C=N–C) groups is 1. The van der Waals surface area contributed by atoms with Crippen molar-refractivity contribution in [2.75, 3.05) is 5.32 Å². The second-order valence-electron chi connectivity index (χ2n) is 4.78. The molecule has 4 heteroatoms. The van der Waals surface area contributed by atoms with Crippen LogP contribution >= 0.6 is 11.6 Å². The molecule has 0 amide bonds. The second-order valence-corrected chi connectivity index (χ2v) is 5.18. The average molecular weight is 240 g/mol. The van der Waals surface area contributed by atoms with Gasteiger partial charge in [-0.2, -0.15) is 0 Å². The van der Waals surface area contributed by atoms with Crippen LogP contribution in [-0.4, -0.2) is 11.5 Å². The van der Waals surface area contributed by atoms with E-state index in [0.717, 1.165) is 11.3 Å². The van der Waals surface area contributed by atoms with Crippen molar-refractivity contribution in [1.29, 1.82) is 0 Å². The fourth-order valence-electron chi connectivity index (χ4n) is 1.26. The summed E-state index contributed by atoms with van der Waals surface area (Å²) in [4.78, 5) is 4.30. The molecule has 0 heterocycles. The predicted octanol–water partition coefficient (Wildman–Crippen LogP) is 3.17. The zero-order valence-electron chi connectivity index (χ0n) is 10.1. The molecule has 0 fully saturated rings. The minimum atomic E-state index is -0.201. The van der Waals surface area contributed by atoms with Gasteiger partial charge < -0.3 is 11.1 Å². The predicted molar refractivity (Wildman–Crippen MR) is 71.2 cm³/mol. The summed E-state index contributed by atoms with van der Waals surface area (Å²) in [5.74, 6) is 0.375. The van der Waals surface area contributed by atoms with Gasteiger partial charge in [-0.05, 0) is 45.4 Å². The number of rotatable bonds is 1. The van der Waals surface area contributed by atoms with Gasteiger partial charge in [0.2, 0.25) is 0 Å². The Balaban J connectivity index is 2.89. The molecule has 0 spiro atoms. The van der Waals surface area contributed by atoms with E-state index < -0.39 is 0 Å². The molecule has 0 aliphatic rings. The molecule has 1 aromatic carbocycles. The van der Waals surface area contributed by atoms with E-state index in [1.54, 1.807) is 0 Å². The number of guanidine groups is 1. The number of anilines is 1. The van der Waals surface area contributed by atoms with Crippen LogP contribution in [0.3, 0.4) is 0 Å². The summed E-state index contributed by atoms with van der Waals surface area (Å²) < 4.78 is 0. The second kappa shape index (κ2) is 4.74. The molecule has 1 rings (SSSR count). The highest BCUT2D eigenvalue weighted by Gasteiger charge is 2.09. The zero-order chi connectivity index (χ0) is 12.3. The molecule has 88 valence electrons. The molecule has 0 atom stereocenters. The number of nitrogens with zero attached hydrogens (tertiary/aromatic N) is 1. The summed E-state index contributed by atoms with van der Waals surface area (Å²) in [5, 5.41) is 3.64. The van der Waals surface area contributed by atoms with Crippen molar-refractivity contribution in [3.63, 3.8) is 0 Å². The molecule has 0 unspecified atom stereocenters. The van der Waals surface area contributed by atoms with Crippen LogP contribution < -0.4 is 11.1 Å². The maximum Gasteiger partial charge on any atom is 0.193 e. The lowest BCUT2D eigenvalue weighted by Gasteiger charge is -2.15. The van der Waals surface area contributed by atoms with E-state index in [0.29, 0.717) is 11.0 Å². The van der Waals surface area contributed by atoms with Gasteiger partial charge in [0.1, 0.15) is 0 Å². The van der Waals surface area contributed by atoms with Gasteiger partial charge in [-0.15, -0.1) is 0 Å². The van der Waals surface area contributed by atoms with Gasteiger partial charge in [-0.1, -0.05) is 17.7 Å². The normalized spacial score (nSPS) is 12.7. The van der Waals surface area contributed by atoms with Crippen LogP contribution in [0.25, 0.3) is 0 Å². The number of hydrogen-bond acceptors (Lipinski definition) is 1. The van der Waals surface area contributed by atoms with Gasteiger partial charge in [-0.3, -0.25) is 0 Å². The third-order valence-electron chi connectivity index (χ3n) is 1.84. The summed E-state index contributed by atoms with van der Waals surface area (Å²) in [5.41, 5.74) is 7.50. The number of nitrogens with one attached hydrogen (secondary N) is 1. The van der Waals surface area contributed by atoms with Crippen molar-refractivity contribution < 1.29 is 0 Å². The maximum absolute atomic E-state index is 6.04. The number of hydrogen-bond donors (Lipinski definition) is 2. The fraction of sp³-hybridized carbons (Fsp3) is 0.417. The molecule has 1 aromatic rings. The SMILES string of the molecule is Cc1ccc(Cl)c(NC(N)=NC(C)(C)C)c1. The number of nitrogens with two attached hydrogens (primary N) is 1. The number of halogens is 1. The zero-order valence-corrected chi connectivity index (χ0v) is 10.9. The van der Waals surface area contributed by atoms with Gasteiger partial charge in [0.15, 0.2) is 5.96 Å². The largest absolute Gasteiger partial charge is 0.370 e. The molecule has 3 nitrogen and oxygen atoms in total. The van der Waals surface area contributed by atoms with Crippen LogP contribution in [0, 0.1) is 6.92 Å². The molecule has 3 N–H and O–H groups in total.